The number of hydrogen-bond donors (Lipinski definition) is 2. The fourth-order valence-electron chi connectivity index (χ4n) is 2.37. The molecule has 0 aliphatic rings. The molecule has 0 fully saturated rings. The van der Waals surface area contributed by atoms with Crippen molar-refractivity contribution >= 4 is 18.2 Å². The van der Waals surface area contributed by atoms with Crippen LogP contribution < -0.4 is 10.6 Å². The quantitative estimate of drug-likeness (QED) is 0.381. The number of amides is 2. The number of methoxy groups -OCH3 is 1. The van der Waals surface area contributed by atoms with Gasteiger partial charge in [0.1, 0.15) is 0 Å². The molecule has 0 spiro atoms. The molecule has 29 heavy (non-hydrogen) atoms. The zero-order chi connectivity index (χ0) is 20.9. The third-order valence-corrected chi connectivity index (χ3v) is 3.81. The van der Waals surface area contributed by atoms with E-state index < -0.39 is 18.2 Å². The van der Waals surface area contributed by atoms with Gasteiger partial charge < -0.3 is 24.8 Å². The van der Waals surface area contributed by atoms with E-state index in [4.69, 9.17) is 9.47 Å². The Balaban J connectivity index is 1.61. The molecule has 0 atom stereocenters. The Morgan fingerprint density at radius 3 is 2.07 bits per heavy atom. The summed E-state index contributed by atoms with van der Waals surface area (Å²) in [4.78, 5) is 34.6. The predicted molar refractivity (Wildman–Crippen MR) is 105 cm³/mol. The van der Waals surface area contributed by atoms with E-state index in [2.05, 4.69) is 15.4 Å². The molecular formula is C21H24N2O6. The molecule has 2 N–H and O–H groups in total. The van der Waals surface area contributed by atoms with Crippen molar-refractivity contribution in [1.29, 1.82) is 0 Å². The lowest BCUT2D eigenvalue weighted by Crippen LogP contribution is -2.25. The SMILES string of the molecule is COC(=O)NCc1cccc(CNC(=O)OCCCOC(=O)c2ccccc2)c1. The number of rotatable bonds is 9. The molecule has 0 saturated heterocycles. The van der Waals surface area contributed by atoms with Gasteiger partial charge >= 0.3 is 18.2 Å². The molecule has 154 valence electrons. The zero-order valence-electron chi connectivity index (χ0n) is 16.2. The molecule has 2 aromatic rings. The number of nitrogens with one attached hydrogen (secondary N) is 2. The molecular weight excluding hydrogens is 376 g/mol. The summed E-state index contributed by atoms with van der Waals surface area (Å²) in [6.07, 6.45) is -0.662. The highest BCUT2D eigenvalue weighted by molar-refractivity contribution is 5.89. The molecule has 8 heteroatoms. The summed E-state index contributed by atoms with van der Waals surface area (Å²) in [5, 5.41) is 5.24. The van der Waals surface area contributed by atoms with Crippen LogP contribution in [0.15, 0.2) is 54.6 Å². The Morgan fingerprint density at radius 2 is 1.41 bits per heavy atom. The Hall–Kier alpha value is -3.55. The Labute approximate surface area is 169 Å². The fourth-order valence-corrected chi connectivity index (χ4v) is 2.37. The first kappa shape index (κ1) is 21.7. The molecule has 0 saturated carbocycles. The first-order chi connectivity index (χ1) is 14.1. The third-order valence-electron chi connectivity index (χ3n) is 3.81. The van der Waals surface area contributed by atoms with Crippen molar-refractivity contribution < 1.29 is 28.6 Å². The van der Waals surface area contributed by atoms with Gasteiger partial charge in [-0.15, -0.1) is 0 Å². The second-order valence-corrected chi connectivity index (χ2v) is 6.01. The molecule has 8 nitrogen and oxygen atoms in total. The van der Waals surface area contributed by atoms with E-state index in [0.717, 1.165) is 11.1 Å². The monoisotopic (exact) mass is 400 g/mol. The van der Waals surface area contributed by atoms with E-state index in [0.29, 0.717) is 18.5 Å². The van der Waals surface area contributed by atoms with Crippen molar-refractivity contribution in [1.82, 2.24) is 10.6 Å². The van der Waals surface area contributed by atoms with Crippen LogP contribution in [0, 0.1) is 0 Å². The molecule has 0 aliphatic heterocycles. The van der Waals surface area contributed by atoms with Gasteiger partial charge in [0.15, 0.2) is 0 Å². The van der Waals surface area contributed by atoms with E-state index in [9.17, 15) is 14.4 Å². The van der Waals surface area contributed by atoms with E-state index in [1.165, 1.54) is 7.11 Å². The van der Waals surface area contributed by atoms with E-state index in [1.54, 1.807) is 24.3 Å². The van der Waals surface area contributed by atoms with Gasteiger partial charge in [-0.25, -0.2) is 14.4 Å². The Kier molecular flexibility index (Phi) is 9.01. The highest BCUT2D eigenvalue weighted by Gasteiger charge is 2.07. The summed E-state index contributed by atoms with van der Waals surface area (Å²) in [5.74, 6) is -0.406. The molecule has 2 rings (SSSR count). The van der Waals surface area contributed by atoms with Crippen LogP contribution >= 0.6 is 0 Å². The van der Waals surface area contributed by atoms with Gasteiger partial charge in [0.2, 0.25) is 0 Å². The van der Waals surface area contributed by atoms with Gasteiger partial charge in [-0.3, -0.25) is 0 Å². The number of hydrogen-bond acceptors (Lipinski definition) is 6. The van der Waals surface area contributed by atoms with Crippen molar-refractivity contribution in [2.75, 3.05) is 20.3 Å². The van der Waals surface area contributed by atoms with Gasteiger partial charge in [0.05, 0.1) is 25.9 Å². The summed E-state index contributed by atoms with van der Waals surface area (Å²) < 4.78 is 14.7. The lowest BCUT2D eigenvalue weighted by molar-refractivity contribution is 0.0474. The second kappa shape index (κ2) is 12.0. The van der Waals surface area contributed by atoms with Crippen molar-refractivity contribution in [2.45, 2.75) is 19.5 Å². The predicted octanol–water partition coefficient (Wildman–Crippen LogP) is 3.02. The maximum atomic E-state index is 11.8. The van der Waals surface area contributed by atoms with Crippen molar-refractivity contribution in [3.8, 4) is 0 Å². The van der Waals surface area contributed by atoms with Crippen LogP contribution in [-0.2, 0) is 27.3 Å². The summed E-state index contributed by atoms with van der Waals surface area (Å²) in [5.41, 5.74) is 2.22. The molecule has 2 aromatic carbocycles. The molecule has 2 amide bonds. The van der Waals surface area contributed by atoms with Crippen LogP contribution in [0.25, 0.3) is 0 Å². The molecule has 0 heterocycles. The zero-order valence-corrected chi connectivity index (χ0v) is 16.2. The van der Waals surface area contributed by atoms with Crippen LogP contribution in [0.3, 0.4) is 0 Å². The number of ether oxygens (including phenoxy) is 3. The minimum absolute atomic E-state index is 0.136. The lowest BCUT2D eigenvalue weighted by atomic mass is 10.1. The smallest absolute Gasteiger partial charge is 0.407 e. The molecule has 0 aliphatic carbocycles. The molecule has 0 unspecified atom stereocenters. The number of carbonyl (C=O) groups is 3. The van der Waals surface area contributed by atoms with E-state index >= 15 is 0 Å². The van der Waals surface area contributed by atoms with E-state index in [-0.39, 0.29) is 19.8 Å². The van der Waals surface area contributed by atoms with Crippen molar-refractivity contribution in [3.63, 3.8) is 0 Å². The van der Waals surface area contributed by atoms with Crippen molar-refractivity contribution in [2.24, 2.45) is 0 Å². The van der Waals surface area contributed by atoms with Gasteiger partial charge in [-0.2, -0.15) is 0 Å². The molecule has 0 bridgehead atoms. The summed E-state index contributed by atoms with van der Waals surface area (Å²) >= 11 is 0. The minimum atomic E-state index is -0.558. The molecule has 0 radical (unpaired) electrons. The van der Waals surface area contributed by atoms with Crippen LogP contribution in [0.4, 0.5) is 9.59 Å². The maximum absolute atomic E-state index is 11.8. The van der Waals surface area contributed by atoms with Gasteiger partial charge in [0, 0.05) is 19.5 Å². The van der Waals surface area contributed by atoms with Crippen LogP contribution in [0.2, 0.25) is 0 Å². The highest BCUT2D eigenvalue weighted by Crippen LogP contribution is 2.05. The topological polar surface area (TPSA) is 103 Å². The van der Waals surface area contributed by atoms with Crippen LogP contribution in [-0.4, -0.2) is 38.5 Å². The van der Waals surface area contributed by atoms with Crippen LogP contribution in [0.5, 0.6) is 0 Å². The number of carbonyl (C=O) groups excluding carboxylic acids is 3. The number of esters is 1. The summed E-state index contributed by atoms with van der Waals surface area (Å²) in [6, 6.07) is 16.1. The standard InChI is InChI=1S/C21H24N2O6/c1-27-20(25)22-14-16-7-5-8-17(13-16)15-23-21(26)29-12-6-11-28-19(24)18-9-3-2-4-10-18/h2-5,7-10,13H,6,11-12,14-15H2,1H3,(H,22,25)(H,23,26). The van der Waals surface area contributed by atoms with Gasteiger partial charge in [-0.1, -0.05) is 42.5 Å². The normalized spacial score (nSPS) is 9.97. The Morgan fingerprint density at radius 1 is 0.793 bits per heavy atom. The van der Waals surface area contributed by atoms with Gasteiger partial charge in [-0.05, 0) is 23.3 Å². The average Bonchev–Trinajstić information content (AvgIpc) is 2.76. The fraction of sp³-hybridized carbons (Fsp3) is 0.286. The second-order valence-electron chi connectivity index (χ2n) is 6.01. The lowest BCUT2D eigenvalue weighted by Gasteiger charge is -2.09. The number of benzene rings is 2. The largest absolute Gasteiger partial charge is 0.462 e. The highest BCUT2D eigenvalue weighted by atomic mass is 16.6. The minimum Gasteiger partial charge on any atom is -0.462 e. The molecule has 0 aromatic heterocycles. The van der Waals surface area contributed by atoms with Crippen LogP contribution in [0.1, 0.15) is 27.9 Å². The first-order valence-corrected chi connectivity index (χ1v) is 9.11. The average molecular weight is 400 g/mol. The van der Waals surface area contributed by atoms with Crippen molar-refractivity contribution in [3.05, 3.63) is 71.3 Å². The number of alkyl carbamates (subject to hydrolysis) is 2. The first-order valence-electron chi connectivity index (χ1n) is 9.11. The Bertz CT molecular complexity index is 810. The summed E-state index contributed by atoms with van der Waals surface area (Å²) in [6.45, 7) is 0.911. The summed E-state index contributed by atoms with van der Waals surface area (Å²) in [7, 11) is 1.30. The van der Waals surface area contributed by atoms with Gasteiger partial charge in [0.25, 0.3) is 0 Å². The van der Waals surface area contributed by atoms with E-state index in [1.807, 2.05) is 30.3 Å². The maximum Gasteiger partial charge on any atom is 0.407 e. The third kappa shape index (κ3) is 8.34.